The highest BCUT2D eigenvalue weighted by Gasteiger charge is 2.31. The van der Waals surface area contributed by atoms with E-state index in [1.165, 1.54) is 11.1 Å². The first-order chi connectivity index (χ1) is 11.9. The van der Waals surface area contributed by atoms with E-state index in [9.17, 15) is 4.79 Å². The lowest BCUT2D eigenvalue weighted by Crippen LogP contribution is -2.42. The fourth-order valence-corrected chi connectivity index (χ4v) is 2.89. The van der Waals surface area contributed by atoms with Crippen molar-refractivity contribution in [2.24, 2.45) is 5.41 Å². The van der Waals surface area contributed by atoms with Crippen LogP contribution in [-0.4, -0.2) is 27.8 Å². The summed E-state index contributed by atoms with van der Waals surface area (Å²) in [6.45, 7) is 11.5. The van der Waals surface area contributed by atoms with Crippen LogP contribution in [0.5, 0.6) is 0 Å². The molecule has 1 amide bonds. The number of amides is 1. The third-order valence-electron chi connectivity index (χ3n) is 4.43. The monoisotopic (exact) mass is 358 g/mol. The van der Waals surface area contributed by atoms with Gasteiger partial charge in [-0.15, -0.1) is 18.2 Å². The fourth-order valence-electron chi connectivity index (χ4n) is 2.77. The molecule has 1 heterocycles. The van der Waals surface area contributed by atoms with Crippen molar-refractivity contribution in [2.75, 3.05) is 12.4 Å². The molecule has 134 valence electrons. The van der Waals surface area contributed by atoms with Gasteiger partial charge in [-0.2, -0.15) is 0 Å². The van der Waals surface area contributed by atoms with Crippen molar-refractivity contribution in [3.05, 3.63) is 72.1 Å². The van der Waals surface area contributed by atoms with Gasteiger partial charge in [-0.1, -0.05) is 30.3 Å². The molecule has 2 aromatic rings. The number of hydrogen-bond donors (Lipinski definition) is 0. The highest BCUT2D eigenvalue weighted by molar-refractivity contribution is 6.19. The van der Waals surface area contributed by atoms with Crippen LogP contribution in [0.1, 0.15) is 30.7 Å². The predicted octanol–water partition coefficient (Wildman–Crippen LogP) is 4.62. The van der Waals surface area contributed by atoms with Gasteiger partial charge in [0, 0.05) is 30.9 Å². The van der Waals surface area contributed by atoms with Crippen molar-refractivity contribution < 1.29 is 4.79 Å². The molecule has 0 N–H and O–H groups in total. The maximum absolute atomic E-state index is 12.8. The van der Waals surface area contributed by atoms with Crippen LogP contribution >= 0.6 is 11.6 Å². The van der Waals surface area contributed by atoms with E-state index in [0.717, 1.165) is 12.2 Å². The van der Waals surface area contributed by atoms with Crippen LogP contribution in [0.15, 0.2) is 55.3 Å². The van der Waals surface area contributed by atoms with E-state index in [4.69, 9.17) is 11.6 Å². The van der Waals surface area contributed by atoms with Crippen LogP contribution in [-0.2, 0) is 17.9 Å². The minimum Gasteiger partial charge on any atom is -0.345 e. The second kappa shape index (κ2) is 8.39. The molecule has 0 unspecified atom stereocenters. The lowest BCUT2D eigenvalue weighted by molar-refractivity contribution is -0.139. The summed E-state index contributed by atoms with van der Waals surface area (Å²) in [5, 5.41) is 0. The Bertz CT molecular complexity index is 733. The first-order valence-electron chi connectivity index (χ1n) is 8.54. The Kier molecular flexibility index (Phi) is 6.49. The molecule has 0 saturated heterocycles. The number of hydrogen-bond acceptors (Lipinski definition) is 1. The van der Waals surface area contributed by atoms with E-state index < -0.39 is 5.41 Å². The molecule has 0 radical (unpaired) electrons. The van der Waals surface area contributed by atoms with Crippen LogP contribution < -0.4 is 0 Å². The highest BCUT2D eigenvalue weighted by Crippen LogP contribution is 2.22. The number of benzene rings is 1. The van der Waals surface area contributed by atoms with Crippen molar-refractivity contribution in [2.45, 2.75) is 33.9 Å². The summed E-state index contributed by atoms with van der Waals surface area (Å²) in [6, 6.07) is 12.5. The molecule has 2 rings (SSSR count). The highest BCUT2D eigenvalue weighted by atomic mass is 35.5. The largest absolute Gasteiger partial charge is 0.345 e. The van der Waals surface area contributed by atoms with E-state index in [2.05, 4.69) is 48.5 Å². The SMILES string of the molecule is C=CCN(Cc1cccn1Cc1ccccc1C)C(=O)C(C)(C)CCl. The maximum Gasteiger partial charge on any atom is 0.230 e. The third kappa shape index (κ3) is 4.76. The maximum atomic E-state index is 12.8. The number of carbonyl (C=O) groups excluding carboxylic acids is 1. The van der Waals surface area contributed by atoms with Crippen LogP contribution in [0.2, 0.25) is 0 Å². The smallest absolute Gasteiger partial charge is 0.230 e. The molecule has 0 bridgehead atoms. The first kappa shape index (κ1) is 19.3. The summed E-state index contributed by atoms with van der Waals surface area (Å²) >= 11 is 5.99. The average molecular weight is 359 g/mol. The average Bonchev–Trinajstić information content (AvgIpc) is 3.02. The molecule has 0 saturated carbocycles. The Labute approximate surface area is 155 Å². The van der Waals surface area contributed by atoms with Crippen molar-refractivity contribution in [1.82, 2.24) is 9.47 Å². The van der Waals surface area contributed by atoms with Gasteiger partial charge in [0.05, 0.1) is 12.0 Å². The molecule has 1 aromatic carbocycles. The molecule has 0 aliphatic heterocycles. The van der Waals surface area contributed by atoms with Gasteiger partial charge in [0.1, 0.15) is 0 Å². The molecule has 0 aliphatic carbocycles. The summed E-state index contributed by atoms with van der Waals surface area (Å²) in [7, 11) is 0. The van der Waals surface area contributed by atoms with Crippen LogP contribution in [0, 0.1) is 12.3 Å². The Morgan fingerprint density at radius 3 is 2.64 bits per heavy atom. The van der Waals surface area contributed by atoms with E-state index in [1.54, 1.807) is 6.08 Å². The van der Waals surface area contributed by atoms with Crippen molar-refractivity contribution in [3.8, 4) is 0 Å². The number of carbonyl (C=O) groups is 1. The van der Waals surface area contributed by atoms with Gasteiger partial charge in [-0.3, -0.25) is 4.79 Å². The Balaban J connectivity index is 2.21. The molecular formula is C21H27ClN2O. The molecule has 4 heteroatoms. The van der Waals surface area contributed by atoms with Gasteiger partial charge in [0.2, 0.25) is 5.91 Å². The summed E-state index contributed by atoms with van der Waals surface area (Å²) in [4.78, 5) is 14.6. The van der Waals surface area contributed by atoms with E-state index in [-0.39, 0.29) is 5.91 Å². The molecule has 1 aromatic heterocycles. The quantitative estimate of drug-likeness (QED) is 0.499. The van der Waals surface area contributed by atoms with Crippen molar-refractivity contribution >= 4 is 17.5 Å². The normalized spacial score (nSPS) is 11.4. The summed E-state index contributed by atoms with van der Waals surface area (Å²) in [6.07, 6.45) is 3.82. The minimum absolute atomic E-state index is 0.0473. The van der Waals surface area contributed by atoms with Gasteiger partial charge in [-0.05, 0) is 44.0 Å². The number of aryl methyl sites for hydroxylation is 1. The molecule has 3 nitrogen and oxygen atoms in total. The van der Waals surface area contributed by atoms with E-state index >= 15 is 0 Å². The van der Waals surface area contributed by atoms with E-state index in [0.29, 0.717) is 19.0 Å². The zero-order valence-electron chi connectivity index (χ0n) is 15.3. The molecule has 0 spiro atoms. The number of aromatic nitrogens is 1. The number of alkyl halides is 1. The first-order valence-corrected chi connectivity index (χ1v) is 9.07. The number of rotatable bonds is 8. The van der Waals surface area contributed by atoms with Gasteiger partial charge in [0.15, 0.2) is 0 Å². The van der Waals surface area contributed by atoms with Gasteiger partial charge < -0.3 is 9.47 Å². The zero-order valence-corrected chi connectivity index (χ0v) is 16.1. The molecular weight excluding hydrogens is 332 g/mol. The molecule has 0 atom stereocenters. The van der Waals surface area contributed by atoms with Crippen LogP contribution in [0.4, 0.5) is 0 Å². The van der Waals surface area contributed by atoms with Gasteiger partial charge >= 0.3 is 0 Å². The minimum atomic E-state index is -0.585. The van der Waals surface area contributed by atoms with Gasteiger partial charge in [-0.25, -0.2) is 0 Å². The third-order valence-corrected chi connectivity index (χ3v) is 5.10. The Morgan fingerprint density at radius 1 is 1.28 bits per heavy atom. The Morgan fingerprint density at radius 2 is 2.00 bits per heavy atom. The van der Waals surface area contributed by atoms with E-state index in [1.807, 2.05) is 30.9 Å². The molecule has 0 fully saturated rings. The Hall–Kier alpha value is -2.00. The van der Waals surface area contributed by atoms with Crippen molar-refractivity contribution in [1.29, 1.82) is 0 Å². The van der Waals surface area contributed by atoms with Gasteiger partial charge in [0.25, 0.3) is 0 Å². The lowest BCUT2D eigenvalue weighted by Gasteiger charge is -2.30. The van der Waals surface area contributed by atoms with Crippen LogP contribution in [0.25, 0.3) is 0 Å². The lowest BCUT2D eigenvalue weighted by atomic mass is 9.94. The summed E-state index contributed by atoms with van der Waals surface area (Å²) < 4.78 is 2.19. The second-order valence-corrected chi connectivity index (χ2v) is 7.31. The molecule has 0 aliphatic rings. The second-order valence-electron chi connectivity index (χ2n) is 7.05. The topological polar surface area (TPSA) is 25.2 Å². The summed E-state index contributed by atoms with van der Waals surface area (Å²) in [5.41, 5.74) is 3.06. The fraction of sp³-hybridized carbons (Fsp3) is 0.381. The number of halogens is 1. The van der Waals surface area contributed by atoms with Crippen LogP contribution in [0.3, 0.4) is 0 Å². The number of nitrogens with zero attached hydrogens (tertiary/aromatic N) is 2. The summed E-state index contributed by atoms with van der Waals surface area (Å²) in [5.74, 6) is 0.343. The molecule has 25 heavy (non-hydrogen) atoms. The zero-order chi connectivity index (χ0) is 18.4. The predicted molar refractivity (Wildman–Crippen MR) is 105 cm³/mol. The standard InChI is InChI=1S/C21H27ClN2O/c1-5-12-24(20(25)21(3,4)16-22)15-19-11-8-13-23(19)14-18-10-7-6-9-17(18)2/h5-11,13H,1,12,14-16H2,2-4H3. The van der Waals surface area contributed by atoms with Crippen molar-refractivity contribution in [3.63, 3.8) is 0 Å².